The number of likely N-dealkylation sites (tertiary alicyclic amines) is 1. The number of nitrogens with zero attached hydrogens (tertiary/aromatic N) is 2. The van der Waals surface area contributed by atoms with Gasteiger partial charge in [0.05, 0.1) is 10.8 Å². The zero-order chi connectivity index (χ0) is 23.3. The summed E-state index contributed by atoms with van der Waals surface area (Å²) in [6, 6.07) is 20.3. The molecule has 33 heavy (non-hydrogen) atoms. The Balaban J connectivity index is 1.74. The van der Waals surface area contributed by atoms with E-state index in [4.69, 9.17) is 11.6 Å². The van der Waals surface area contributed by atoms with E-state index in [0.717, 1.165) is 0 Å². The fourth-order valence-electron chi connectivity index (χ4n) is 5.36. The normalized spacial score (nSPS) is 24.0. The SMILES string of the molecule is CN1C[C@H](c2cccc([N+](=O)[O-])c2)[C@@H](C(=O)c2ccccc2)[C@@]12C(=O)Nc1ccc(Cl)cc12. The molecule has 1 spiro atoms. The van der Waals surface area contributed by atoms with E-state index in [-0.39, 0.29) is 17.4 Å². The Morgan fingerprint density at radius 2 is 1.88 bits per heavy atom. The average molecular weight is 462 g/mol. The van der Waals surface area contributed by atoms with Crippen LogP contribution in [-0.4, -0.2) is 35.1 Å². The number of nitro benzene ring substituents is 1. The van der Waals surface area contributed by atoms with E-state index in [1.165, 1.54) is 12.1 Å². The number of amides is 1. The summed E-state index contributed by atoms with van der Waals surface area (Å²) < 4.78 is 0. The molecule has 0 unspecified atom stereocenters. The highest BCUT2D eigenvalue weighted by Gasteiger charge is 2.64. The molecule has 1 N–H and O–H groups in total. The number of benzene rings is 3. The molecule has 1 fully saturated rings. The molecule has 0 saturated carbocycles. The third-order valence-corrected chi connectivity index (χ3v) is 7.00. The number of likely N-dealkylation sites (N-methyl/N-ethyl adjacent to an activating group) is 1. The molecular weight excluding hydrogens is 442 g/mol. The molecule has 1 saturated heterocycles. The summed E-state index contributed by atoms with van der Waals surface area (Å²) in [5.41, 5.74) is 1.04. The van der Waals surface area contributed by atoms with Crippen molar-refractivity contribution in [3.05, 3.63) is 105 Å². The number of rotatable bonds is 4. The van der Waals surface area contributed by atoms with Crippen molar-refractivity contribution in [2.24, 2.45) is 5.92 Å². The number of halogens is 1. The summed E-state index contributed by atoms with van der Waals surface area (Å²) in [5, 5.41) is 14.8. The second-order valence-corrected chi connectivity index (χ2v) is 8.89. The summed E-state index contributed by atoms with van der Waals surface area (Å²) in [5.74, 6) is -1.76. The number of anilines is 1. The Morgan fingerprint density at radius 1 is 1.12 bits per heavy atom. The lowest BCUT2D eigenvalue weighted by Crippen LogP contribution is -2.51. The van der Waals surface area contributed by atoms with Crippen molar-refractivity contribution in [2.75, 3.05) is 18.9 Å². The van der Waals surface area contributed by atoms with Crippen LogP contribution in [0.5, 0.6) is 0 Å². The molecule has 3 aromatic carbocycles. The number of Topliss-reactive ketones (excluding diaryl/α,β-unsaturated/α-hetero) is 1. The van der Waals surface area contributed by atoms with Crippen LogP contribution in [0.3, 0.4) is 0 Å². The second-order valence-electron chi connectivity index (χ2n) is 8.46. The number of carbonyl (C=O) groups is 2. The van der Waals surface area contributed by atoms with Gasteiger partial charge in [-0.1, -0.05) is 54.1 Å². The highest BCUT2D eigenvalue weighted by atomic mass is 35.5. The lowest BCUT2D eigenvalue weighted by atomic mass is 9.70. The number of nitrogens with one attached hydrogen (secondary N) is 1. The smallest absolute Gasteiger partial charge is 0.269 e. The van der Waals surface area contributed by atoms with Gasteiger partial charge in [0, 0.05) is 46.4 Å². The first-order valence-corrected chi connectivity index (χ1v) is 10.9. The van der Waals surface area contributed by atoms with Crippen LogP contribution in [0.2, 0.25) is 5.02 Å². The van der Waals surface area contributed by atoms with Gasteiger partial charge >= 0.3 is 0 Å². The lowest BCUT2D eigenvalue weighted by molar-refractivity contribution is -0.384. The van der Waals surface area contributed by atoms with E-state index in [1.54, 1.807) is 61.6 Å². The molecule has 3 aromatic rings. The largest absolute Gasteiger partial charge is 0.324 e. The van der Waals surface area contributed by atoms with Crippen LogP contribution >= 0.6 is 11.6 Å². The molecule has 0 radical (unpaired) electrons. The fourth-order valence-corrected chi connectivity index (χ4v) is 5.53. The van der Waals surface area contributed by atoms with Gasteiger partial charge in [-0.2, -0.15) is 0 Å². The van der Waals surface area contributed by atoms with Crippen molar-refractivity contribution in [2.45, 2.75) is 11.5 Å². The maximum Gasteiger partial charge on any atom is 0.269 e. The van der Waals surface area contributed by atoms with Crippen molar-refractivity contribution in [1.82, 2.24) is 4.90 Å². The minimum absolute atomic E-state index is 0.0543. The van der Waals surface area contributed by atoms with Gasteiger partial charge in [0.15, 0.2) is 5.78 Å². The molecule has 166 valence electrons. The van der Waals surface area contributed by atoms with Crippen molar-refractivity contribution < 1.29 is 14.5 Å². The summed E-state index contributed by atoms with van der Waals surface area (Å²) in [4.78, 5) is 40.5. The van der Waals surface area contributed by atoms with Gasteiger partial charge < -0.3 is 5.32 Å². The monoisotopic (exact) mass is 461 g/mol. The molecule has 0 aliphatic carbocycles. The van der Waals surface area contributed by atoms with Gasteiger partial charge in [0.1, 0.15) is 5.54 Å². The Morgan fingerprint density at radius 3 is 2.61 bits per heavy atom. The molecular formula is C25H20ClN3O4. The van der Waals surface area contributed by atoms with E-state index >= 15 is 0 Å². The van der Waals surface area contributed by atoms with Crippen LogP contribution in [0.4, 0.5) is 11.4 Å². The Kier molecular flexibility index (Phi) is 5.03. The number of non-ortho nitro benzene ring substituents is 1. The zero-order valence-electron chi connectivity index (χ0n) is 17.7. The first-order chi connectivity index (χ1) is 15.8. The van der Waals surface area contributed by atoms with Gasteiger partial charge in [-0.05, 0) is 30.8 Å². The van der Waals surface area contributed by atoms with Crippen LogP contribution in [0, 0.1) is 16.0 Å². The summed E-state index contributed by atoms with van der Waals surface area (Å²) in [7, 11) is 1.80. The van der Waals surface area contributed by atoms with Crippen LogP contribution in [0.1, 0.15) is 27.4 Å². The van der Waals surface area contributed by atoms with Gasteiger partial charge in [0.25, 0.3) is 5.69 Å². The third kappa shape index (κ3) is 3.15. The average Bonchev–Trinajstić information content (AvgIpc) is 3.29. The summed E-state index contributed by atoms with van der Waals surface area (Å²) in [6.45, 7) is 0.365. The summed E-state index contributed by atoms with van der Waals surface area (Å²) >= 11 is 6.32. The molecule has 0 aromatic heterocycles. The molecule has 2 aliphatic heterocycles. The number of hydrogen-bond acceptors (Lipinski definition) is 5. The maximum absolute atomic E-state index is 14.0. The topological polar surface area (TPSA) is 92.5 Å². The molecule has 5 rings (SSSR count). The van der Waals surface area contributed by atoms with Crippen LogP contribution in [0.25, 0.3) is 0 Å². The predicted molar refractivity (Wildman–Crippen MR) is 124 cm³/mol. The minimum Gasteiger partial charge on any atom is -0.324 e. The van der Waals surface area contributed by atoms with E-state index in [2.05, 4.69) is 5.32 Å². The predicted octanol–water partition coefficient (Wildman–Crippen LogP) is 4.62. The fraction of sp³-hybridized carbons (Fsp3) is 0.200. The number of ketones is 1. The molecule has 2 aliphatic rings. The van der Waals surface area contributed by atoms with E-state index in [0.29, 0.717) is 33.9 Å². The van der Waals surface area contributed by atoms with Crippen LogP contribution in [-0.2, 0) is 10.3 Å². The molecule has 2 heterocycles. The Hall–Kier alpha value is -3.55. The number of carbonyl (C=O) groups excluding carboxylic acids is 2. The molecule has 7 nitrogen and oxygen atoms in total. The van der Waals surface area contributed by atoms with Crippen molar-refractivity contribution >= 4 is 34.7 Å². The van der Waals surface area contributed by atoms with E-state index < -0.39 is 22.3 Å². The van der Waals surface area contributed by atoms with Crippen molar-refractivity contribution in [3.8, 4) is 0 Å². The highest BCUT2D eigenvalue weighted by molar-refractivity contribution is 6.31. The van der Waals surface area contributed by atoms with Crippen molar-refractivity contribution in [3.63, 3.8) is 0 Å². The quantitative estimate of drug-likeness (QED) is 0.347. The maximum atomic E-state index is 14.0. The van der Waals surface area contributed by atoms with Crippen molar-refractivity contribution in [1.29, 1.82) is 0 Å². The van der Waals surface area contributed by atoms with Gasteiger partial charge in [0.2, 0.25) is 5.91 Å². The van der Waals surface area contributed by atoms with Gasteiger partial charge in [-0.15, -0.1) is 0 Å². The molecule has 0 bridgehead atoms. The van der Waals surface area contributed by atoms with Crippen LogP contribution in [0.15, 0.2) is 72.8 Å². The van der Waals surface area contributed by atoms with E-state index in [1.807, 2.05) is 11.0 Å². The standard InChI is InChI=1S/C25H20ClN3O4/c1-28-14-19(16-8-5-9-18(12-16)29(32)33)22(23(30)15-6-3-2-4-7-15)25(28)20-13-17(26)10-11-21(20)27-24(25)31/h2-13,19,22H,14H2,1H3,(H,27,31)/t19-,22+,25+/m1/s1. The number of nitro groups is 1. The minimum atomic E-state index is -1.29. The number of fused-ring (bicyclic) bond motifs is 2. The molecule has 3 atom stereocenters. The third-order valence-electron chi connectivity index (χ3n) is 6.76. The second kappa shape index (κ2) is 7.79. The summed E-state index contributed by atoms with van der Waals surface area (Å²) in [6.07, 6.45) is 0. The van der Waals surface area contributed by atoms with Gasteiger partial charge in [-0.25, -0.2) is 0 Å². The lowest BCUT2D eigenvalue weighted by Gasteiger charge is -2.35. The molecule has 1 amide bonds. The first kappa shape index (κ1) is 21.3. The van der Waals surface area contributed by atoms with Gasteiger partial charge in [-0.3, -0.25) is 24.6 Å². The molecule has 8 heteroatoms. The Bertz CT molecular complexity index is 1300. The Labute approximate surface area is 195 Å². The number of hydrogen-bond donors (Lipinski definition) is 1. The zero-order valence-corrected chi connectivity index (χ0v) is 18.5. The first-order valence-electron chi connectivity index (χ1n) is 10.5. The highest BCUT2D eigenvalue weighted by Crippen LogP contribution is 2.56. The van der Waals surface area contributed by atoms with E-state index in [9.17, 15) is 19.7 Å². The van der Waals surface area contributed by atoms with Crippen LogP contribution < -0.4 is 5.32 Å².